The van der Waals surface area contributed by atoms with Crippen molar-refractivity contribution in [3.63, 3.8) is 0 Å². The van der Waals surface area contributed by atoms with Crippen molar-refractivity contribution < 1.29 is 5.11 Å². The number of nitrogens with zero attached hydrogens (tertiary/aromatic N) is 5. The molecule has 32 heavy (non-hydrogen) atoms. The Bertz CT molecular complexity index is 1220. The Labute approximate surface area is 186 Å². The lowest BCUT2D eigenvalue weighted by Crippen LogP contribution is -2.29. The monoisotopic (exact) mass is 432 g/mol. The topological polar surface area (TPSA) is 99.9 Å². The highest BCUT2D eigenvalue weighted by atomic mass is 16.3. The van der Waals surface area contributed by atoms with E-state index in [1.165, 1.54) is 5.56 Å². The molecule has 0 aliphatic carbocycles. The van der Waals surface area contributed by atoms with Crippen molar-refractivity contribution in [2.45, 2.75) is 39.4 Å². The van der Waals surface area contributed by atoms with Gasteiger partial charge in [-0.2, -0.15) is 0 Å². The number of H-pyrrole nitrogens is 1. The Kier molecular flexibility index (Phi) is 7.03. The molecule has 0 aliphatic rings. The maximum atomic E-state index is 12.7. The van der Waals surface area contributed by atoms with Crippen LogP contribution in [0.1, 0.15) is 28.9 Å². The molecule has 0 saturated carbocycles. The molecule has 2 aromatic heterocycles. The molecule has 0 atom stereocenters. The van der Waals surface area contributed by atoms with Crippen LogP contribution >= 0.6 is 0 Å². The third-order valence-corrected chi connectivity index (χ3v) is 5.62. The zero-order valence-electron chi connectivity index (χ0n) is 18.2. The zero-order chi connectivity index (χ0) is 22.3. The highest BCUT2D eigenvalue weighted by molar-refractivity contribution is 5.81. The smallest absolute Gasteiger partial charge is 0.252 e. The first-order valence-electron chi connectivity index (χ1n) is 10.9. The molecule has 4 rings (SSSR count). The average Bonchev–Trinajstić information content (AvgIpc) is 3.25. The highest BCUT2D eigenvalue weighted by Gasteiger charge is 2.15. The second-order valence-electron chi connectivity index (χ2n) is 8.00. The summed E-state index contributed by atoms with van der Waals surface area (Å²) in [5, 5.41) is 22.6. The van der Waals surface area contributed by atoms with Gasteiger partial charge in [-0.05, 0) is 52.8 Å². The molecule has 0 unspecified atom stereocenters. The van der Waals surface area contributed by atoms with E-state index in [0.29, 0.717) is 38.2 Å². The van der Waals surface area contributed by atoms with Gasteiger partial charge in [-0.3, -0.25) is 9.69 Å². The van der Waals surface area contributed by atoms with E-state index in [2.05, 4.69) is 37.5 Å². The van der Waals surface area contributed by atoms with Gasteiger partial charge in [0, 0.05) is 31.8 Å². The molecule has 2 heterocycles. The largest absolute Gasteiger partial charge is 0.396 e. The molecule has 8 nitrogen and oxygen atoms in total. The van der Waals surface area contributed by atoms with E-state index >= 15 is 0 Å². The Hall–Kier alpha value is -3.36. The van der Waals surface area contributed by atoms with Crippen molar-refractivity contribution in [2.24, 2.45) is 0 Å². The number of hydrogen-bond acceptors (Lipinski definition) is 6. The van der Waals surface area contributed by atoms with Crippen LogP contribution < -0.4 is 5.56 Å². The molecule has 0 amide bonds. The molecule has 0 fully saturated rings. The van der Waals surface area contributed by atoms with Crippen molar-refractivity contribution in [1.82, 2.24) is 30.1 Å². The fourth-order valence-corrected chi connectivity index (χ4v) is 3.89. The number of aryl methyl sites for hydroxylation is 3. The Balaban J connectivity index is 1.51. The van der Waals surface area contributed by atoms with Crippen LogP contribution in [0.2, 0.25) is 0 Å². The van der Waals surface area contributed by atoms with Gasteiger partial charge in [0.25, 0.3) is 5.56 Å². The molecular formula is C24H28N6O2. The fraction of sp³-hybridized carbons (Fsp3) is 0.333. The van der Waals surface area contributed by atoms with Gasteiger partial charge in [-0.15, -0.1) is 5.10 Å². The number of aliphatic hydroxyl groups is 1. The number of hydrogen-bond donors (Lipinski definition) is 2. The summed E-state index contributed by atoms with van der Waals surface area (Å²) in [5.74, 6) is 0.743. The van der Waals surface area contributed by atoms with Crippen molar-refractivity contribution in [2.75, 3.05) is 13.2 Å². The number of fused-ring (bicyclic) bond motifs is 1. The molecule has 2 aromatic carbocycles. The van der Waals surface area contributed by atoms with Gasteiger partial charge in [0.2, 0.25) is 0 Å². The Morgan fingerprint density at radius 3 is 2.75 bits per heavy atom. The number of pyridine rings is 1. The second-order valence-corrected chi connectivity index (χ2v) is 8.00. The molecule has 0 bridgehead atoms. The van der Waals surface area contributed by atoms with Crippen molar-refractivity contribution >= 4 is 10.9 Å². The predicted molar refractivity (Wildman–Crippen MR) is 123 cm³/mol. The third-order valence-electron chi connectivity index (χ3n) is 5.62. The Morgan fingerprint density at radius 1 is 1.09 bits per heavy atom. The quantitative estimate of drug-likeness (QED) is 0.399. The summed E-state index contributed by atoms with van der Waals surface area (Å²) in [4.78, 5) is 17.9. The van der Waals surface area contributed by atoms with Crippen LogP contribution in [-0.4, -0.2) is 48.3 Å². The lowest BCUT2D eigenvalue weighted by molar-refractivity contribution is 0.206. The number of aromatic amines is 1. The number of rotatable bonds is 10. The van der Waals surface area contributed by atoms with Gasteiger partial charge in [-0.25, -0.2) is 4.68 Å². The molecule has 4 aromatic rings. The molecule has 166 valence electrons. The highest BCUT2D eigenvalue weighted by Crippen LogP contribution is 2.16. The third kappa shape index (κ3) is 5.27. The second kappa shape index (κ2) is 10.3. The first kappa shape index (κ1) is 21.9. The van der Waals surface area contributed by atoms with E-state index in [1.807, 2.05) is 54.1 Å². The molecule has 0 aliphatic heterocycles. The van der Waals surface area contributed by atoms with Gasteiger partial charge < -0.3 is 10.1 Å². The minimum absolute atomic E-state index is 0.0860. The average molecular weight is 433 g/mol. The van der Waals surface area contributed by atoms with Crippen molar-refractivity contribution in [3.8, 4) is 0 Å². The van der Waals surface area contributed by atoms with Crippen LogP contribution in [0.4, 0.5) is 0 Å². The summed E-state index contributed by atoms with van der Waals surface area (Å²) in [6.07, 6.45) is 1.44. The SMILES string of the molecule is Cc1cccc2cc(CN(CCCO)Cc3nnnn3CCc3ccccc3)c(=O)[nH]c12. The van der Waals surface area contributed by atoms with Crippen LogP contribution in [0, 0.1) is 6.92 Å². The van der Waals surface area contributed by atoms with E-state index in [4.69, 9.17) is 0 Å². The standard InChI is InChI=1S/C24H28N6O2/c1-18-7-5-10-20-15-21(24(32)25-23(18)20)16-29(12-6-14-31)17-22-26-27-28-30(22)13-11-19-8-3-2-4-9-19/h2-5,7-10,15,31H,6,11-14,16-17H2,1H3,(H,25,32). The lowest BCUT2D eigenvalue weighted by atomic mass is 10.1. The van der Waals surface area contributed by atoms with E-state index in [-0.39, 0.29) is 12.2 Å². The van der Waals surface area contributed by atoms with Crippen molar-refractivity contribution in [3.05, 3.63) is 87.5 Å². The van der Waals surface area contributed by atoms with E-state index in [1.54, 1.807) is 0 Å². The van der Waals surface area contributed by atoms with Crippen LogP contribution in [-0.2, 0) is 26.1 Å². The predicted octanol–water partition coefficient (Wildman–Crippen LogP) is 2.45. The maximum Gasteiger partial charge on any atom is 0.252 e. The normalized spacial score (nSPS) is 11.5. The first-order valence-corrected chi connectivity index (χ1v) is 10.9. The molecule has 0 spiro atoms. The van der Waals surface area contributed by atoms with Gasteiger partial charge in [0.15, 0.2) is 5.82 Å². The molecule has 0 radical (unpaired) electrons. The molecular weight excluding hydrogens is 404 g/mol. The van der Waals surface area contributed by atoms with Crippen LogP contribution in [0.5, 0.6) is 0 Å². The van der Waals surface area contributed by atoms with E-state index in [0.717, 1.165) is 28.7 Å². The number of aromatic nitrogens is 5. The summed E-state index contributed by atoms with van der Waals surface area (Å²) in [5.41, 5.74) is 3.73. The number of para-hydroxylation sites is 1. The van der Waals surface area contributed by atoms with Crippen LogP contribution in [0.25, 0.3) is 10.9 Å². The van der Waals surface area contributed by atoms with E-state index in [9.17, 15) is 9.90 Å². The molecule has 8 heteroatoms. The van der Waals surface area contributed by atoms with Gasteiger partial charge in [0.1, 0.15) is 0 Å². The number of benzene rings is 2. The fourth-order valence-electron chi connectivity index (χ4n) is 3.89. The number of aliphatic hydroxyl groups excluding tert-OH is 1. The maximum absolute atomic E-state index is 12.7. The number of tetrazole rings is 1. The van der Waals surface area contributed by atoms with Crippen molar-refractivity contribution in [1.29, 1.82) is 0 Å². The van der Waals surface area contributed by atoms with E-state index < -0.39 is 0 Å². The molecule has 0 saturated heterocycles. The minimum Gasteiger partial charge on any atom is -0.396 e. The first-order chi connectivity index (χ1) is 15.6. The summed E-state index contributed by atoms with van der Waals surface area (Å²) >= 11 is 0. The summed E-state index contributed by atoms with van der Waals surface area (Å²) in [6.45, 7) is 4.32. The number of nitrogens with one attached hydrogen (secondary N) is 1. The van der Waals surface area contributed by atoms with Gasteiger partial charge >= 0.3 is 0 Å². The Morgan fingerprint density at radius 2 is 1.94 bits per heavy atom. The summed E-state index contributed by atoms with van der Waals surface area (Å²) in [6, 6.07) is 18.2. The summed E-state index contributed by atoms with van der Waals surface area (Å²) in [7, 11) is 0. The summed E-state index contributed by atoms with van der Waals surface area (Å²) < 4.78 is 1.81. The van der Waals surface area contributed by atoms with Crippen LogP contribution in [0.3, 0.4) is 0 Å². The zero-order valence-corrected chi connectivity index (χ0v) is 18.2. The minimum atomic E-state index is -0.0931. The molecule has 2 N–H and O–H groups in total. The van der Waals surface area contributed by atoms with Gasteiger partial charge in [0.05, 0.1) is 12.1 Å². The lowest BCUT2D eigenvalue weighted by Gasteiger charge is -2.21. The van der Waals surface area contributed by atoms with Crippen LogP contribution in [0.15, 0.2) is 59.4 Å². The van der Waals surface area contributed by atoms with Gasteiger partial charge in [-0.1, -0.05) is 48.5 Å².